The first-order chi connectivity index (χ1) is 6.76. The lowest BCUT2D eigenvalue weighted by molar-refractivity contribution is 0.166. The second-order valence-electron chi connectivity index (χ2n) is 3.27. The molecule has 0 aliphatic heterocycles. The van der Waals surface area contributed by atoms with Crippen molar-refractivity contribution in [1.29, 1.82) is 0 Å². The molecule has 0 saturated heterocycles. The molecule has 0 aromatic carbocycles. The van der Waals surface area contributed by atoms with Gasteiger partial charge in [-0.3, -0.25) is 0 Å². The molecule has 1 heterocycles. The van der Waals surface area contributed by atoms with Crippen LogP contribution < -0.4 is 5.32 Å². The highest BCUT2D eigenvalue weighted by Crippen LogP contribution is 2.09. The lowest BCUT2D eigenvalue weighted by atomic mass is 10.2. The van der Waals surface area contributed by atoms with E-state index in [-0.39, 0.29) is 0 Å². The number of methoxy groups -OCH3 is 1. The Balaban J connectivity index is 2.46. The molecule has 0 aliphatic rings. The number of aryl methyl sites for hydroxylation is 1. The Morgan fingerprint density at radius 1 is 1.64 bits per heavy atom. The van der Waals surface area contributed by atoms with Crippen LogP contribution in [0.2, 0.25) is 0 Å². The van der Waals surface area contributed by atoms with Gasteiger partial charge in [0.25, 0.3) is 0 Å². The maximum atomic E-state index is 5.15. The van der Waals surface area contributed by atoms with Crippen LogP contribution in [-0.2, 0) is 11.2 Å². The summed E-state index contributed by atoms with van der Waals surface area (Å²) in [6.45, 7) is 5.85. The van der Waals surface area contributed by atoms with E-state index >= 15 is 0 Å². The van der Waals surface area contributed by atoms with E-state index < -0.39 is 0 Å². The van der Waals surface area contributed by atoms with Gasteiger partial charge in [-0.25, -0.2) is 4.98 Å². The van der Waals surface area contributed by atoms with Gasteiger partial charge in [-0.1, -0.05) is 6.92 Å². The average Bonchev–Trinajstić information content (AvgIpc) is 2.52. The number of ether oxygens (including phenoxy) is 1. The second kappa shape index (κ2) is 6.11. The molecule has 0 bridgehead atoms. The van der Waals surface area contributed by atoms with Crippen LogP contribution in [0.3, 0.4) is 0 Å². The van der Waals surface area contributed by atoms with Gasteiger partial charge in [0.1, 0.15) is 0 Å². The van der Waals surface area contributed by atoms with Gasteiger partial charge < -0.3 is 10.1 Å². The fraction of sp³-hybridized carbons (Fsp3) is 0.700. The van der Waals surface area contributed by atoms with E-state index in [1.54, 1.807) is 18.4 Å². The van der Waals surface area contributed by atoms with Crippen molar-refractivity contribution in [3.05, 3.63) is 16.1 Å². The Morgan fingerprint density at radius 3 is 2.93 bits per heavy atom. The van der Waals surface area contributed by atoms with Crippen molar-refractivity contribution < 1.29 is 4.74 Å². The number of thiazole rings is 1. The van der Waals surface area contributed by atoms with Crippen molar-refractivity contribution in [1.82, 2.24) is 10.3 Å². The molecule has 1 rings (SSSR count). The molecule has 0 spiro atoms. The predicted molar refractivity (Wildman–Crippen MR) is 59.9 cm³/mol. The zero-order valence-electron chi connectivity index (χ0n) is 9.04. The van der Waals surface area contributed by atoms with Gasteiger partial charge in [0, 0.05) is 25.0 Å². The second-order valence-corrected chi connectivity index (χ2v) is 4.33. The predicted octanol–water partition coefficient (Wildman–Crippen LogP) is 1.62. The third-order valence-corrected chi connectivity index (χ3v) is 2.81. The van der Waals surface area contributed by atoms with E-state index in [1.165, 1.54) is 0 Å². The summed E-state index contributed by atoms with van der Waals surface area (Å²) < 4.78 is 5.15. The Hall–Kier alpha value is -0.450. The molecule has 0 radical (unpaired) electrons. The number of aromatic nitrogens is 1. The minimum atomic E-state index is 0.381. The number of nitrogens with one attached hydrogen (secondary N) is 1. The lowest BCUT2D eigenvalue weighted by Gasteiger charge is -2.15. The van der Waals surface area contributed by atoms with Crippen LogP contribution in [-0.4, -0.2) is 31.3 Å². The van der Waals surface area contributed by atoms with Crippen LogP contribution in [0.25, 0.3) is 0 Å². The molecule has 1 aromatic heterocycles. The van der Waals surface area contributed by atoms with Crippen molar-refractivity contribution in [3.63, 3.8) is 0 Å². The summed E-state index contributed by atoms with van der Waals surface area (Å²) in [7, 11) is 1.73. The normalized spacial score (nSPS) is 13.1. The standard InChI is InChI=1S/C10H18N2OS/c1-4-11-9(6-13-3)5-10-7-14-8(2)12-10/h7,9,11H,4-6H2,1-3H3. The Morgan fingerprint density at radius 2 is 2.43 bits per heavy atom. The highest BCUT2D eigenvalue weighted by molar-refractivity contribution is 7.09. The van der Waals surface area contributed by atoms with Crippen LogP contribution in [0.15, 0.2) is 5.38 Å². The molecule has 0 aliphatic carbocycles. The fourth-order valence-electron chi connectivity index (χ4n) is 1.43. The third-order valence-electron chi connectivity index (χ3n) is 1.98. The van der Waals surface area contributed by atoms with Crippen LogP contribution in [0, 0.1) is 6.92 Å². The van der Waals surface area contributed by atoms with Crippen LogP contribution in [0.5, 0.6) is 0 Å². The topological polar surface area (TPSA) is 34.1 Å². The van der Waals surface area contributed by atoms with E-state index in [0.29, 0.717) is 6.04 Å². The molecule has 1 aromatic rings. The lowest BCUT2D eigenvalue weighted by Crippen LogP contribution is -2.35. The number of likely N-dealkylation sites (N-methyl/N-ethyl adjacent to an activating group) is 1. The molecule has 80 valence electrons. The quantitative estimate of drug-likeness (QED) is 0.781. The fourth-order valence-corrected chi connectivity index (χ4v) is 2.06. The third kappa shape index (κ3) is 3.74. The first kappa shape index (κ1) is 11.6. The van der Waals surface area contributed by atoms with Crippen molar-refractivity contribution in [2.45, 2.75) is 26.3 Å². The van der Waals surface area contributed by atoms with Gasteiger partial charge in [-0.15, -0.1) is 11.3 Å². The van der Waals surface area contributed by atoms with Gasteiger partial charge in [0.05, 0.1) is 17.3 Å². The smallest absolute Gasteiger partial charge is 0.0897 e. The van der Waals surface area contributed by atoms with Crippen LogP contribution >= 0.6 is 11.3 Å². The Kier molecular flexibility index (Phi) is 5.07. The molecule has 1 N–H and O–H groups in total. The maximum absolute atomic E-state index is 5.15. The largest absolute Gasteiger partial charge is 0.383 e. The SMILES string of the molecule is CCNC(COC)Cc1csc(C)n1. The van der Waals surface area contributed by atoms with E-state index in [2.05, 4.69) is 22.6 Å². The summed E-state index contributed by atoms with van der Waals surface area (Å²) in [5.41, 5.74) is 1.16. The number of rotatable bonds is 6. The van der Waals surface area contributed by atoms with E-state index in [4.69, 9.17) is 4.74 Å². The number of hydrogen-bond acceptors (Lipinski definition) is 4. The molecule has 1 atom stereocenters. The van der Waals surface area contributed by atoms with Gasteiger partial charge in [0.2, 0.25) is 0 Å². The van der Waals surface area contributed by atoms with Crippen molar-refractivity contribution >= 4 is 11.3 Å². The first-order valence-corrected chi connectivity index (χ1v) is 5.77. The van der Waals surface area contributed by atoms with E-state index in [9.17, 15) is 0 Å². The first-order valence-electron chi connectivity index (χ1n) is 4.89. The highest BCUT2D eigenvalue weighted by atomic mass is 32.1. The van der Waals surface area contributed by atoms with Crippen LogP contribution in [0.4, 0.5) is 0 Å². The zero-order valence-corrected chi connectivity index (χ0v) is 9.86. The Labute approximate surface area is 89.5 Å². The average molecular weight is 214 g/mol. The summed E-state index contributed by atoms with van der Waals surface area (Å²) >= 11 is 1.70. The summed E-state index contributed by atoms with van der Waals surface area (Å²) in [4.78, 5) is 4.44. The van der Waals surface area contributed by atoms with Gasteiger partial charge in [-0.2, -0.15) is 0 Å². The maximum Gasteiger partial charge on any atom is 0.0897 e. The summed E-state index contributed by atoms with van der Waals surface area (Å²) in [5.74, 6) is 0. The monoisotopic (exact) mass is 214 g/mol. The molecular formula is C10H18N2OS. The minimum Gasteiger partial charge on any atom is -0.383 e. The summed E-state index contributed by atoms with van der Waals surface area (Å²) in [6, 6.07) is 0.381. The van der Waals surface area contributed by atoms with Crippen molar-refractivity contribution in [2.75, 3.05) is 20.3 Å². The minimum absolute atomic E-state index is 0.381. The van der Waals surface area contributed by atoms with Gasteiger partial charge in [0.15, 0.2) is 0 Å². The number of nitrogens with zero attached hydrogens (tertiary/aromatic N) is 1. The summed E-state index contributed by atoms with van der Waals surface area (Å²) in [6.07, 6.45) is 0.950. The molecule has 14 heavy (non-hydrogen) atoms. The van der Waals surface area contributed by atoms with E-state index in [1.807, 2.05) is 6.92 Å². The molecule has 3 nitrogen and oxygen atoms in total. The Bertz CT molecular complexity index is 256. The van der Waals surface area contributed by atoms with Crippen LogP contribution in [0.1, 0.15) is 17.6 Å². The molecule has 0 amide bonds. The molecule has 1 unspecified atom stereocenters. The number of hydrogen-bond donors (Lipinski definition) is 1. The molecule has 4 heteroatoms. The highest BCUT2D eigenvalue weighted by Gasteiger charge is 2.09. The van der Waals surface area contributed by atoms with Gasteiger partial charge in [-0.05, 0) is 13.5 Å². The van der Waals surface area contributed by atoms with Crippen molar-refractivity contribution in [2.24, 2.45) is 0 Å². The molecule has 0 saturated carbocycles. The van der Waals surface area contributed by atoms with Crippen molar-refractivity contribution in [3.8, 4) is 0 Å². The molecule has 0 fully saturated rings. The zero-order chi connectivity index (χ0) is 10.4. The van der Waals surface area contributed by atoms with Gasteiger partial charge >= 0.3 is 0 Å². The summed E-state index contributed by atoms with van der Waals surface area (Å²) in [5, 5.41) is 6.63. The van der Waals surface area contributed by atoms with E-state index in [0.717, 1.165) is 30.3 Å². The molecular weight excluding hydrogens is 196 g/mol.